The van der Waals surface area contributed by atoms with Gasteiger partial charge >= 0.3 is 0 Å². The largest absolute Gasteiger partial charge is 0.366 e. The molecule has 0 aliphatic carbocycles. The first-order valence-corrected chi connectivity index (χ1v) is 12.0. The summed E-state index contributed by atoms with van der Waals surface area (Å²) in [6.07, 6.45) is 0. The highest BCUT2D eigenvalue weighted by atomic mass is 32.2. The summed E-state index contributed by atoms with van der Waals surface area (Å²) in [5.41, 5.74) is 1.35. The van der Waals surface area contributed by atoms with Gasteiger partial charge < -0.3 is 15.1 Å². The molecule has 1 aliphatic rings. The first-order valence-electron chi connectivity index (χ1n) is 10.2. The lowest BCUT2D eigenvalue weighted by molar-refractivity contribution is -0.128. The van der Waals surface area contributed by atoms with Gasteiger partial charge in [-0.05, 0) is 43.3 Å². The second kappa shape index (κ2) is 10.3. The van der Waals surface area contributed by atoms with E-state index >= 15 is 0 Å². The zero-order valence-corrected chi connectivity index (χ0v) is 19.4. The number of nitrogens with zero attached hydrogens (tertiary/aromatic N) is 4. The quantitative estimate of drug-likeness (QED) is 0.394. The first-order chi connectivity index (χ1) is 15.9. The van der Waals surface area contributed by atoms with Crippen molar-refractivity contribution in [3.8, 4) is 0 Å². The molecule has 4 rings (SSSR count). The molecule has 3 aromatic rings. The standard InChI is InChI=1S/C22H21F2N5O2S2/c1-14(30)15-5-6-19(18(24)11-15)28-7-9-29(10-8-28)20(31)13-32-22-27-26-21(33-22)25-17-4-2-3-16(23)12-17/h2-6,11-12H,7-10,13H2,1H3,(H,25,26). The zero-order chi connectivity index (χ0) is 23.4. The van der Waals surface area contributed by atoms with Gasteiger partial charge in [-0.25, -0.2) is 8.78 Å². The Morgan fingerprint density at radius 3 is 2.58 bits per heavy atom. The van der Waals surface area contributed by atoms with Crippen LogP contribution in [0.2, 0.25) is 0 Å². The molecule has 1 aliphatic heterocycles. The van der Waals surface area contributed by atoms with E-state index in [1.54, 1.807) is 29.2 Å². The number of anilines is 3. The molecule has 0 radical (unpaired) electrons. The van der Waals surface area contributed by atoms with E-state index < -0.39 is 5.82 Å². The van der Waals surface area contributed by atoms with E-state index in [4.69, 9.17) is 0 Å². The Kier molecular flexibility index (Phi) is 7.19. The van der Waals surface area contributed by atoms with Gasteiger partial charge in [-0.1, -0.05) is 29.2 Å². The van der Waals surface area contributed by atoms with Crippen LogP contribution in [0.25, 0.3) is 0 Å². The molecule has 11 heteroatoms. The van der Waals surface area contributed by atoms with Gasteiger partial charge in [0.25, 0.3) is 0 Å². The number of rotatable bonds is 7. The lowest BCUT2D eigenvalue weighted by Crippen LogP contribution is -2.49. The fourth-order valence-electron chi connectivity index (χ4n) is 3.40. The smallest absolute Gasteiger partial charge is 0.233 e. The molecular weight excluding hydrogens is 468 g/mol. The molecule has 1 fully saturated rings. The van der Waals surface area contributed by atoms with Gasteiger partial charge in [-0.3, -0.25) is 9.59 Å². The highest BCUT2D eigenvalue weighted by molar-refractivity contribution is 8.01. The number of hydrogen-bond acceptors (Lipinski definition) is 8. The van der Waals surface area contributed by atoms with Gasteiger partial charge in [0.2, 0.25) is 11.0 Å². The molecule has 2 aromatic carbocycles. The minimum atomic E-state index is -0.433. The molecule has 0 saturated carbocycles. The lowest BCUT2D eigenvalue weighted by atomic mass is 10.1. The van der Waals surface area contributed by atoms with Crippen molar-refractivity contribution >= 4 is 51.3 Å². The lowest BCUT2D eigenvalue weighted by Gasteiger charge is -2.36. The van der Waals surface area contributed by atoms with Crippen molar-refractivity contribution < 1.29 is 18.4 Å². The maximum Gasteiger partial charge on any atom is 0.233 e. The fraction of sp³-hybridized carbons (Fsp3) is 0.273. The molecule has 0 unspecified atom stereocenters. The Balaban J connectivity index is 1.26. The molecule has 0 atom stereocenters. The Hall–Kier alpha value is -3.05. The number of hydrogen-bond donors (Lipinski definition) is 1. The number of nitrogens with one attached hydrogen (secondary N) is 1. The summed E-state index contributed by atoms with van der Waals surface area (Å²) in [5, 5.41) is 11.6. The van der Waals surface area contributed by atoms with Crippen molar-refractivity contribution in [1.82, 2.24) is 15.1 Å². The average Bonchev–Trinajstić information content (AvgIpc) is 3.24. The van der Waals surface area contributed by atoms with Crippen LogP contribution in [0.15, 0.2) is 46.8 Å². The fourth-order valence-corrected chi connectivity index (χ4v) is 5.08. The Labute approximate surface area is 197 Å². The Morgan fingerprint density at radius 2 is 1.88 bits per heavy atom. The van der Waals surface area contributed by atoms with Crippen LogP contribution < -0.4 is 10.2 Å². The molecule has 1 aromatic heterocycles. The topological polar surface area (TPSA) is 78.4 Å². The molecule has 172 valence electrons. The van der Waals surface area contributed by atoms with Crippen molar-refractivity contribution in [3.63, 3.8) is 0 Å². The van der Waals surface area contributed by atoms with Crippen LogP contribution in [0.5, 0.6) is 0 Å². The van der Waals surface area contributed by atoms with E-state index in [0.717, 1.165) is 0 Å². The van der Waals surface area contributed by atoms with Gasteiger partial charge in [0.05, 0.1) is 11.4 Å². The van der Waals surface area contributed by atoms with Gasteiger partial charge in [-0.15, -0.1) is 10.2 Å². The third-order valence-corrected chi connectivity index (χ3v) is 7.09. The number of halogens is 2. The monoisotopic (exact) mass is 489 g/mol. The highest BCUT2D eigenvalue weighted by Gasteiger charge is 2.23. The number of thioether (sulfide) groups is 1. The predicted octanol–water partition coefficient (Wildman–Crippen LogP) is 4.20. The highest BCUT2D eigenvalue weighted by Crippen LogP contribution is 2.28. The summed E-state index contributed by atoms with van der Waals surface area (Å²) >= 11 is 2.58. The summed E-state index contributed by atoms with van der Waals surface area (Å²) in [6, 6.07) is 10.5. The SMILES string of the molecule is CC(=O)c1ccc(N2CCN(C(=O)CSc3nnc(Nc4cccc(F)c4)s3)CC2)c(F)c1. The molecule has 0 spiro atoms. The van der Waals surface area contributed by atoms with Crippen molar-refractivity contribution in [1.29, 1.82) is 0 Å². The summed E-state index contributed by atoms with van der Waals surface area (Å²) in [5.74, 6) is -0.767. The number of carbonyl (C=O) groups excluding carboxylic acids is 2. The van der Waals surface area contributed by atoms with Crippen LogP contribution in [0.1, 0.15) is 17.3 Å². The van der Waals surface area contributed by atoms with Gasteiger partial charge in [-0.2, -0.15) is 0 Å². The molecule has 1 saturated heterocycles. The Bertz CT molecular complexity index is 1170. The number of piperazine rings is 1. The number of carbonyl (C=O) groups is 2. The number of Topliss-reactive ketones (excluding diaryl/α,β-unsaturated/α-hetero) is 1. The molecule has 7 nitrogen and oxygen atoms in total. The molecular formula is C22H21F2N5O2S2. The molecule has 1 amide bonds. The number of ketones is 1. The second-order valence-electron chi connectivity index (χ2n) is 7.39. The van der Waals surface area contributed by atoms with Crippen molar-refractivity contribution in [3.05, 3.63) is 59.7 Å². The summed E-state index contributed by atoms with van der Waals surface area (Å²) in [4.78, 5) is 27.7. The third kappa shape index (κ3) is 5.85. The van der Waals surface area contributed by atoms with E-state index in [0.29, 0.717) is 52.6 Å². The third-order valence-electron chi connectivity index (χ3n) is 5.13. The van der Waals surface area contributed by atoms with E-state index in [9.17, 15) is 18.4 Å². The maximum atomic E-state index is 14.4. The van der Waals surface area contributed by atoms with E-state index in [1.807, 2.05) is 4.90 Å². The van der Waals surface area contributed by atoms with Crippen LogP contribution >= 0.6 is 23.1 Å². The number of amides is 1. The van der Waals surface area contributed by atoms with Gasteiger partial charge in [0, 0.05) is 37.4 Å². The molecule has 2 heterocycles. The van der Waals surface area contributed by atoms with Crippen molar-refractivity contribution in [2.75, 3.05) is 42.1 Å². The first kappa shape index (κ1) is 23.1. The molecule has 1 N–H and O–H groups in total. The summed E-state index contributed by atoms with van der Waals surface area (Å²) in [6.45, 7) is 3.38. The maximum absolute atomic E-state index is 14.4. The van der Waals surface area contributed by atoms with E-state index in [1.165, 1.54) is 48.2 Å². The normalized spacial score (nSPS) is 13.8. The average molecular weight is 490 g/mol. The zero-order valence-electron chi connectivity index (χ0n) is 17.8. The Morgan fingerprint density at radius 1 is 1.09 bits per heavy atom. The van der Waals surface area contributed by atoms with Crippen LogP contribution in [0, 0.1) is 11.6 Å². The van der Waals surface area contributed by atoms with Crippen molar-refractivity contribution in [2.24, 2.45) is 0 Å². The van der Waals surface area contributed by atoms with Crippen LogP contribution in [-0.2, 0) is 4.79 Å². The molecule has 33 heavy (non-hydrogen) atoms. The van der Waals surface area contributed by atoms with Gasteiger partial charge in [0.15, 0.2) is 10.1 Å². The van der Waals surface area contributed by atoms with Crippen LogP contribution in [-0.4, -0.2) is 58.7 Å². The van der Waals surface area contributed by atoms with E-state index in [-0.39, 0.29) is 23.3 Å². The second-order valence-corrected chi connectivity index (χ2v) is 9.59. The van der Waals surface area contributed by atoms with Gasteiger partial charge in [0.1, 0.15) is 11.6 Å². The van der Waals surface area contributed by atoms with Crippen LogP contribution in [0.3, 0.4) is 0 Å². The summed E-state index contributed by atoms with van der Waals surface area (Å²) in [7, 11) is 0. The minimum Gasteiger partial charge on any atom is -0.366 e. The predicted molar refractivity (Wildman–Crippen MR) is 126 cm³/mol. The van der Waals surface area contributed by atoms with Crippen molar-refractivity contribution in [2.45, 2.75) is 11.3 Å². The minimum absolute atomic E-state index is 0.0260. The molecule has 0 bridgehead atoms. The summed E-state index contributed by atoms with van der Waals surface area (Å²) < 4.78 is 28.3. The number of benzene rings is 2. The van der Waals surface area contributed by atoms with Crippen LogP contribution in [0.4, 0.5) is 25.3 Å². The number of aromatic nitrogens is 2. The van der Waals surface area contributed by atoms with E-state index in [2.05, 4.69) is 15.5 Å².